The molecule has 0 radical (unpaired) electrons. The van der Waals surface area contributed by atoms with Gasteiger partial charge < -0.3 is 14.2 Å². The summed E-state index contributed by atoms with van der Waals surface area (Å²) in [6, 6.07) is 64.6. The minimum atomic E-state index is -5.23. The first-order valence-corrected chi connectivity index (χ1v) is 37.0. The second-order valence-corrected chi connectivity index (χ2v) is 29.8. The number of esters is 3. The number of rotatable bonds is 18. The van der Waals surface area contributed by atoms with E-state index >= 15 is 39.5 Å². The van der Waals surface area contributed by atoms with Crippen LogP contribution >= 0.6 is 0 Å². The average Bonchev–Trinajstić information content (AvgIpc) is 0.693. The van der Waals surface area contributed by atoms with Crippen LogP contribution in [0.25, 0.3) is 34.9 Å². The predicted molar refractivity (Wildman–Crippen MR) is 390 cm³/mol. The molecule has 3 atom stereocenters. The molecule has 0 heterocycles. The Balaban J connectivity index is 0.000000173. The number of halogens is 9. The van der Waals surface area contributed by atoms with Crippen molar-refractivity contribution in [1.29, 1.82) is 0 Å². The quantitative estimate of drug-likeness (QED) is 0.0415. The molecule has 0 bridgehead atoms. The zero-order valence-corrected chi connectivity index (χ0v) is 60.5. The number of benzene rings is 9. The second kappa shape index (κ2) is 31.4. The largest absolute Gasteiger partial charge is 0.466 e. The zero-order chi connectivity index (χ0) is 78.4. The van der Waals surface area contributed by atoms with Gasteiger partial charge in [-0.1, -0.05) is 235 Å². The van der Waals surface area contributed by atoms with Crippen molar-refractivity contribution in [3.8, 4) is 0 Å². The molecule has 3 N–H and O–H groups in total. The van der Waals surface area contributed by atoms with Crippen LogP contribution < -0.4 is 14.2 Å². The molecule has 108 heavy (non-hydrogen) atoms. The summed E-state index contributed by atoms with van der Waals surface area (Å²) < 4.78 is 235. The maximum atomic E-state index is 15.0. The van der Waals surface area contributed by atoms with Crippen molar-refractivity contribution in [2.75, 3.05) is 21.3 Å². The number of hydrogen-bond donors (Lipinski definition) is 3. The van der Waals surface area contributed by atoms with Gasteiger partial charge in [-0.2, -0.15) is 53.7 Å². The number of nitrogens with one attached hydrogen (secondary N) is 3. The van der Waals surface area contributed by atoms with Crippen molar-refractivity contribution in [1.82, 2.24) is 14.2 Å². The fourth-order valence-corrected chi connectivity index (χ4v) is 16.6. The minimum Gasteiger partial charge on any atom is -0.466 e. The predicted octanol–water partition coefficient (Wildman–Crippen LogP) is 15.9. The van der Waals surface area contributed by atoms with Gasteiger partial charge in [-0.3, -0.25) is 0 Å². The van der Waals surface area contributed by atoms with E-state index in [0.29, 0.717) is 33.4 Å². The molecule has 27 heteroatoms. The van der Waals surface area contributed by atoms with Gasteiger partial charge in [0.1, 0.15) is 0 Å². The third kappa shape index (κ3) is 15.6. The molecule has 12 rings (SSSR count). The Kier molecular flexibility index (Phi) is 23.1. The molecule has 0 aliphatic heterocycles. The topological polar surface area (TPSA) is 217 Å². The number of carbonyl (C=O) groups excluding carboxylic acids is 3. The first-order chi connectivity index (χ1) is 51.0. The van der Waals surface area contributed by atoms with Crippen molar-refractivity contribution >= 4 is 82.9 Å². The lowest BCUT2D eigenvalue weighted by atomic mass is 9.63. The molecule has 0 amide bonds. The Labute approximate surface area is 617 Å². The first kappa shape index (κ1) is 79.5. The van der Waals surface area contributed by atoms with Gasteiger partial charge in [-0.25, -0.2) is 39.6 Å². The molecule has 0 spiro atoms. The Hall–Kier alpha value is -11.1. The maximum Gasteiger partial charge on any atom is 0.416 e. The number of carbonyl (C=O) groups is 3. The lowest BCUT2D eigenvalue weighted by Crippen LogP contribution is -2.67. The van der Waals surface area contributed by atoms with Gasteiger partial charge in [0.2, 0.25) is 30.1 Å². The number of aryl methyl sites for hydroxylation is 3. The molecular weight excluding hydrogens is 1470 g/mol. The summed E-state index contributed by atoms with van der Waals surface area (Å²) in [5.74, 6) is -3.87. The van der Waals surface area contributed by atoms with Crippen LogP contribution in [-0.2, 0) is 58.7 Å². The summed E-state index contributed by atoms with van der Waals surface area (Å²) in [6.45, 7) is 5.16. The monoisotopic (exact) mass is 1540 g/mol. The Morgan fingerprint density at radius 3 is 0.667 bits per heavy atom. The summed E-state index contributed by atoms with van der Waals surface area (Å²) in [5, 5.41) is 0. The van der Waals surface area contributed by atoms with E-state index in [1.54, 1.807) is 203 Å². The molecule has 558 valence electrons. The molecule has 3 aliphatic carbocycles. The van der Waals surface area contributed by atoms with E-state index in [2.05, 4.69) is 0 Å². The van der Waals surface area contributed by atoms with E-state index in [1.807, 2.05) is 14.2 Å². The van der Waals surface area contributed by atoms with Crippen LogP contribution in [-0.4, -0.2) is 99.6 Å². The van der Waals surface area contributed by atoms with Gasteiger partial charge in [0.05, 0.1) is 52.7 Å². The summed E-state index contributed by atoms with van der Waals surface area (Å²) in [7, 11) is -11.4. The molecule has 9 aromatic rings. The van der Waals surface area contributed by atoms with Crippen molar-refractivity contribution in [3.05, 3.63) is 338 Å². The van der Waals surface area contributed by atoms with Crippen LogP contribution in [0.3, 0.4) is 0 Å². The van der Waals surface area contributed by atoms with E-state index in [1.165, 1.54) is 91.0 Å². The summed E-state index contributed by atoms with van der Waals surface area (Å²) >= 11 is 0. The molecule has 0 saturated carbocycles. The van der Waals surface area contributed by atoms with Gasteiger partial charge >= 0.3 is 36.4 Å². The van der Waals surface area contributed by atoms with Crippen LogP contribution in [0.5, 0.6) is 0 Å². The van der Waals surface area contributed by atoms with Crippen molar-refractivity contribution in [3.63, 3.8) is 0 Å². The Morgan fingerprint density at radius 2 is 0.491 bits per heavy atom. The van der Waals surface area contributed by atoms with E-state index in [4.69, 9.17) is 14.2 Å². The summed E-state index contributed by atoms with van der Waals surface area (Å²) in [6.07, 6.45) is -12.0. The minimum absolute atomic E-state index is 0.0461. The van der Waals surface area contributed by atoms with Crippen LogP contribution in [0.2, 0.25) is 0 Å². The second-order valence-electron chi connectivity index (χ2n) is 24.7. The van der Waals surface area contributed by atoms with Crippen LogP contribution in [0.15, 0.2) is 303 Å². The fraction of sp³-hybridized carbons (Fsp3) is 0.148. The highest BCUT2D eigenvalue weighted by Gasteiger charge is 2.73. The molecule has 0 unspecified atom stereocenters. The number of methoxy groups -OCH3 is 3. The highest BCUT2D eigenvalue weighted by Crippen LogP contribution is 2.61. The number of alkyl halides is 9. The van der Waals surface area contributed by atoms with Crippen LogP contribution in [0.1, 0.15) is 50.1 Å². The van der Waals surface area contributed by atoms with Gasteiger partial charge in [0.15, 0.2) is 16.6 Å². The lowest BCUT2D eigenvalue weighted by Gasteiger charge is -2.48. The van der Waals surface area contributed by atoms with Crippen LogP contribution in [0.4, 0.5) is 39.5 Å². The molecule has 3 aliphatic rings. The Morgan fingerprint density at radius 1 is 0.306 bits per heavy atom. The fourth-order valence-electron chi connectivity index (χ4n) is 12.5. The highest BCUT2D eigenvalue weighted by atomic mass is 32.2. The standard InChI is InChI=1S/3C27H22F3NO4S/c3*1-18-13-15-21(16-14-18)36(33,34)31-26(27(28,29)30)22(17-19-9-5-3-6-10-19)23(24(26)25(32)35-2)20-11-7-4-8-12-20/h3*3-17,31H,1-2H3/b3*22-17+/t3*26-/m100/s1. The highest BCUT2D eigenvalue weighted by molar-refractivity contribution is 7.90. The molecule has 0 saturated heterocycles. The average molecular weight is 1540 g/mol. The van der Waals surface area contributed by atoms with Crippen molar-refractivity contribution < 1.29 is 93.4 Å². The molecule has 0 fully saturated rings. The third-order valence-corrected chi connectivity index (χ3v) is 22.1. The summed E-state index contributed by atoms with van der Waals surface area (Å²) in [4.78, 5) is 37.5. The zero-order valence-electron chi connectivity index (χ0n) is 58.0. The number of ether oxygens (including phenoxy) is 3. The molecule has 9 aromatic carbocycles. The van der Waals surface area contributed by atoms with E-state index in [9.17, 15) is 39.6 Å². The van der Waals surface area contributed by atoms with Gasteiger partial charge in [-0.05, 0) is 125 Å². The normalized spacial score (nSPS) is 19.2. The SMILES string of the molecule is COC(=O)C1=C(c2ccccc2)/C(=C\c2ccccc2)[C@@]1(NS(=O)(=O)c1ccc(C)cc1)C(F)(F)F.COC(=O)C1=C(c2ccccc2)/C(=C\c2ccccc2)[C@@]1(NS(=O)(=O)c1ccc(C)cc1)C(F)(F)F.COC(=O)C1=C(c2ccccc2)/C(=C\c2ccccc2)[C@]1(NS(=O)(=O)c1ccc(C)cc1)C(F)(F)F. The Bertz CT molecular complexity index is 4880. The van der Waals surface area contributed by atoms with Gasteiger partial charge in [-0.15, -0.1) is 0 Å². The number of sulfonamides is 3. The maximum absolute atomic E-state index is 15.0. The van der Waals surface area contributed by atoms with E-state index in [-0.39, 0.29) is 31.4 Å². The van der Waals surface area contributed by atoms with E-state index in [0.717, 1.165) is 38.0 Å². The van der Waals surface area contributed by atoms with Gasteiger partial charge in [0.25, 0.3) is 0 Å². The molecule has 0 aromatic heterocycles. The molecular formula is C81H66F9N3O12S3. The van der Waals surface area contributed by atoms with E-state index < -0.39 is 117 Å². The first-order valence-electron chi connectivity index (χ1n) is 32.5. The van der Waals surface area contributed by atoms with Crippen molar-refractivity contribution in [2.45, 2.75) is 70.6 Å². The number of hydrogen-bond acceptors (Lipinski definition) is 12. The third-order valence-electron chi connectivity index (χ3n) is 17.7. The lowest BCUT2D eigenvalue weighted by molar-refractivity contribution is -0.175. The van der Waals surface area contributed by atoms with Gasteiger partial charge in [0, 0.05) is 16.7 Å². The smallest absolute Gasteiger partial charge is 0.416 e. The molecule has 15 nitrogen and oxygen atoms in total. The van der Waals surface area contributed by atoms with Crippen LogP contribution in [0, 0.1) is 20.8 Å². The summed E-state index contributed by atoms with van der Waals surface area (Å²) in [5.41, 5.74) is -9.58. The van der Waals surface area contributed by atoms with Crippen molar-refractivity contribution in [2.24, 2.45) is 0 Å².